The summed E-state index contributed by atoms with van der Waals surface area (Å²) in [5.41, 5.74) is 1.10. The van der Waals surface area contributed by atoms with Crippen molar-refractivity contribution in [3.05, 3.63) is 39.8 Å². The van der Waals surface area contributed by atoms with Gasteiger partial charge in [0.1, 0.15) is 0 Å². The van der Waals surface area contributed by atoms with E-state index in [2.05, 4.69) is 15.9 Å². The summed E-state index contributed by atoms with van der Waals surface area (Å²) < 4.78 is 0.624. The van der Waals surface area contributed by atoms with Gasteiger partial charge in [0.2, 0.25) is 0 Å². The highest BCUT2D eigenvalue weighted by Gasteiger charge is 1.84. The highest BCUT2D eigenvalue weighted by Crippen LogP contribution is 2.14. The fourth-order valence-corrected chi connectivity index (χ4v) is 1.07. The van der Waals surface area contributed by atoms with Crippen LogP contribution in [0, 0.1) is 0 Å². The van der Waals surface area contributed by atoms with E-state index < -0.39 is 0 Å². The summed E-state index contributed by atoms with van der Waals surface area (Å²) in [5.74, 6) is 0. The average Bonchev–Trinajstić information content (AvgIpc) is 1.88. The van der Waals surface area contributed by atoms with Gasteiger partial charge in [0.15, 0.2) is 0 Å². The second kappa shape index (κ2) is 3.79. The molecule has 0 unspecified atom stereocenters. The van der Waals surface area contributed by atoms with Crippen LogP contribution >= 0.6 is 27.5 Å². The van der Waals surface area contributed by atoms with Crippen molar-refractivity contribution in [1.82, 2.24) is 0 Å². The molecule has 0 N–H and O–H groups in total. The molecule has 0 saturated heterocycles. The summed E-state index contributed by atoms with van der Waals surface area (Å²) in [7, 11) is 0. The highest BCUT2D eigenvalue weighted by molar-refractivity contribution is 9.12. The Bertz CT molecular complexity index is 224. The zero-order valence-corrected chi connectivity index (χ0v) is 7.56. The van der Waals surface area contributed by atoms with Crippen molar-refractivity contribution in [1.29, 1.82) is 0 Å². The molecule has 1 rings (SSSR count). The van der Waals surface area contributed by atoms with Crippen molar-refractivity contribution in [3.63, 3.8) is 0 Å². The Morgan fingerprint density at radius 3 is 2.40 bits per heavy atom. The van der Waals surface area contributed by atoms with Crippen LogP contribution in [0.1, 0.15) is 5.56 Å². The first-order valence-electron chi connectivity index (χ1n) is 2.87. The molecule has 0 aromatic heterocycles. The summed E-state index contributed by atoms with van der Waals surface area (Å²) in [6.07, 6.45) is 1.85. The van der Waals surface area contributed by atoms with Crippen molar-refractivity contribution in [2.24, 2.45) is 0 Å². The molecule has 0 aliphatic heterocycles. The van der Waals surface area contributed by atoms with Crippen molar-refractivity contribution >= 4 is 33.6 Å². The Morgan fingerprint density at radius 1 is 1.30 bits per heavy atom. The van der Waals surface area contributed by atoms with E-state index in [0.29, 0.717) is 3.94 Å². The quantitative estimate of drug-likeness (QED) is 0.674. The molecule has 2 heteroatoms. The predicted molar refractivity (Wildman–Crippen MR) is 49.2 cm³/mol. The predicted octanol–water partition coefficient (Wildman–Crippen LogP) is 3.62. The molecular formula is C8H6BrCl. The number of halogens is 2. The molecule has 52 valence electrons. The Balaban J connectivity index is 2.87. The maximum Gasteiger partial charge on any atom is 0.0839 e. The molecule has 0 atom stereocenters. The largest absolute Gasteiger partial charge is 0.0839 e. The first kappa shape index (κ1) is 7.83. The lowest BCUT2D eigenvalue weighted by Gasteiger charge is -1.89. The van der Waals surface area contributed by atoms with E-state index in [1.165, 1.54) is 0 Å². The van der Waals surface area contributed by atoms with Gasteiger partial charge in [-0.15, -0.1) is 0 Å². The van der Waals surface area contributed by atoms with Crippen LogP contribution in [0.5, 0.6) is 0 Å². The normalized spacial score (nSPS) is 11.6. The number of hydrogen-bond donors (Lipinski definition) is 0. The van der Waals surface area contributed by atoms with Crippen molar-refractivity contribution < 1.29 is 0 Å². The molecule has 0 spiro atoms. The first-order valence-corrected chi connectivity index (χ1v) is 4.04. The smallest absolute Gasteiger partial charge is 0.0761 e. The molecule has 0 aliphatic carbocycles. The van der Waals surface area contributed by atoms with Gasteiger partial charge in [-0.3, -0.25) is 0 Å². The van der Waals surface area contributed by atoms with Gasteiger partial charge >= 0.3 is 0 Å². The zero-order chi connectivity index (χ0) is 7.40. The monoisotopic (exact) mass is 216 g/mol. The maximum absolute atomic E-state index is 5.59. The van der Waals surface area contributed by atoms with E-state index in [9.17, 15) is 0 Å². The number of hydrogen-bond acceptors (Lipinski definition) is 0. The fraction of sp³-hybridized carbons (Fsp3) is 0. The minimum Gasteiger partial charge on any atom is -0.0761 e. The summed E-state index contributed by atoms with van der Waals surface area (Å²) in [6.45, 7) is 0. The van der Waals surface area contributed by atoms with Crippen molar-refractivity contribution in [2.75, 3.05) is 0 Å². The average molecular weight is 217 g/mol. The Morgan fingerprint density at radius 2 is 1.90 bits per heavy atom. The summed E-state index contributed by atoms with van der Waals surface area (Å²) in [5, 5.41) is 0. The molecule has 1 aromatic carbocycles. The van der Waals surface area contributed by atoms with Crippen LogP contribution in [0.15, 0.2) is 34.3 Å². The Labute approximate surface area is 73.6 Å². The van der Waals surface area contributed by atoms with Gasteiger partial charge in [-0.05, 0) is 27.6 Å². The molecule has 0 fully saturated rings. The third-order valence-corrected chi connectivity index (χ3v) is 1.41. The van der Waals surface area contributed by atoms with E-state index in [0.717, 1.165) is 5.56 Å². The van der Waals surface area contributed by atoms with Crippen LogP contribution in [0.25, 0.3) is 6.08 Å². The van der Waals surface area contributed by atoms with E-state index in [-0.39, 0.29) is 0 Å². The lowest BCUT2D eigenvalue weighted by Crippen LogP contribution is -1.66. The van der Waals surface area contributed by atoms with Crippen LogP contribution in [0.3, 0.4) is 0 Å². The Hall–Kier alpha value is -0.270. The van der Waals surface area contributed by atoms with Gasteiger partial charge < -0.3 is 0 Å². The standard InChI is InChI=1S/C8H6BrCl/c9-8(10)6-7-4-2-1-3-5-7/h1-6H/b8-6-. The topological polar surface area (TPSA) is 0 Å². The molecule has 10 heavy (non-hydrogen) atoms. The molecule has 0 bridgehead atoms. The van der Waals surface area contributed by atoms with E-state index in [4.69, 9.17) is 11.6 Å². The molecule has 0 saturated carbocycles. The van der Waals surface area contributed by atoms with Crippen molar-refractivity contribution in [3.8, 4) is 0 Å². The first-order chi connectivity index (χ1) is 4.79. The van der Waals surface area contributed by atoms with E-state index in [1.54, 1.807) is 0 Å². The van der Waals surface area contributed by atoms with Gasteiger partial charge in [-0.1, -0.05) is 41.9 Å². The van der Waals surface area contributed by atoms with Crippen LogP contribution < -0.4 is 0 Å². The van der Waals surface area contributed by atoms with E-state index in [1.807, 2.05) is 36.4 Å². The summed E-state index contributed by atoms with van der Waals surface area (Å²) in [6, 6.07) is 9.89. The maximum atomic E-state index is 5.59. The SMILES string of the molecule is Cl/C(Br)=C\c1ccccc1. The molecule has 0 amide bonds. The third-order valence-electron chi connectivity index (χ3n) is 1.08. The lowest BCUT2D eigenvalue weighted by atomic mass is 10.2. The van der Waals surface area contributed by atoms with Crippen LogP contribution in [-0.4, -0.2) is 0 Å². The summed E-state index contributed by atoms with van der Waals surface area (Å²) >= 11 is 8.73. The van der Waals surface area contributed by atoms with Crippen LogP contribution in [-0.2, 0) is 0 Å². The van der Waals surface area contributed by atoms with Gasteiger partial charge in [-0.25, -0.2) is 0 Å². The van der Waals surface area contributed by atoms with Crippen LogP contribution in [0.4, 0.5) is 0 Å². The summed E-state index contributed by atoms with van der Waals surface area (Å²) in [4.78, 5) is 0. The second-order valence-electron chi connectivity index (χ2n) is 1.84. The fourth-order valence-electron chi connectivity index (χ4n) is 0.675. The third kappa shape index (κ3) is 2.54. The Kier molecular flexibility index (Phi) is 2.97. The number of benzene rings is 1. The molecule has 0 aliphatic rings. The molecule has 0 nitrogen and oxygen atoms in total. The van der Waals surface area contributed by atoms with E-state index >= 15 is 0 Å². The van der Waals surface area contributed by atoms with Crippen LogP contribution in [0.2, 0.25) is 0 Å². The van der Waals surface area contributed by atoms with Gasteiger partial charge in [0, 0.05) is 0 Å². The van der Waals surface area contributed by atoms with Gasteiger partial charge in [-0.2, -0.15) is 0 Å². The minimum atomic E-state index is 0.624. The van der Waals surface area contributed by atoms with Gasteiger partial charge in [0.05, 0.1) is 3.94 Å². The van der Waals surface area contributed by atoms with Gasteiger partial charge in [0.25, 0.3) is 0 Å². The highest BCUT2D eigenvalue weighted by atomic mass is 79.9. The lowest BCUT2D eigenvalue weighted by molar-refractivity contribution is 1.66. The molecular weight excluding hydrogens is 211 g/mol. The molecule has 0 heterocycles. The minimum absolute atomic E-state index is 0.624. The zero-order valence-electron chi connectivity index (χ0n) is 5.22. The van der Waals surface area contributed by atoms with Crippen molar-refractivity contribution in [2.45, 2.75) is 0 Å². The number of rotatable bonds is 1. The molecule has 1 aromatic rings. The molecule has 0 radical (unpaired) electrons. The second-order valence-corrected chi connectivity index (χ2v) is 3.56.